The molecular weight excluding hydrogens is 268 g/mol. The molecule has 0 saturated heterocycles. The number of hydrogen-bond acceptors (Lipinski definition) is 3. The van der Waals surface area contributed by atoms with Crippen molar-refractivity contribution in [1.82, 2.24) is 0 Å². The molecule has 3 unspecified atom stereocenters. The SMILES string of the molecule is Cc1sc(NC(=O)CC2CC3CCC2C3)c(C#N)c1C. The van der Waals surface area contributed by atoms with Gasteiger partial charge in [-0.3, -0.25) is 4.79 Å². The molecule has 1 amide bonds. The van der Waals surface area contributed by atoms with E-state index in [0.717, 1.165) is 27.3 Å². The number of nitrogens with zero attached hydrogens (tertiary/aromatic N) is 1. The maximum atomic E-state index is 12.2. The van der Waals surface area contributed by atoms with Crippen molar-refractivity contribution in [2.75, 3.05) is 5.32 Å². The highest BCUT2D eigenvalue weighted by molar-refractivity contribution is 7.16. The highest BCUT2D eigenvalue weighted by Crippen LogP contribution is 2.49. The van der Waals surface area contributed by atoms with E-state index in [4.69, 9.17) is 0 Å². The Bertz CT molecular complexity index is 584. The lowest BCUT2D eigenvalue weighted by molar-refractivity contribution is -0.117. The van der Waals surface area contributed by atoms with E-state index in [2.05, 4.69) is 11.4 Å². The van der Waals surface area contributed by atoms with Crippen molar-refractivity contribution in [2.45, 2.75) is 46.0 Å². The summed E-state index contributed by atoms with van der Waals surface area (Å²) in [6.45, 7) is 3.93. The summed E-state index contributed by atoms with van der Waals surface area (Å²) in [6.07, 6.45) is 5.86. The number of amides is 1. The van der Waals surface area contributed by atoms with Crippen LogP contribution in [-0.4, -0.2) is 5.91 Å². The van der Waals surface area contributed by atoms with E-state index in [1.54, 1.807) is 0 Å². The zero-order chi connectivity index (χ0) is 14.3. The fraction of sp³-hybridized carbons (Fsp3) is 0.625. The Balaban J connectivity index is 1.65. The summed E-state index contributed by atoms with van der Waals surface area (Å²) in [4.78, 5) is 13.3. The van der Waals surface area contributed by atoms with Crippen molar-refractivity contribution >= 4 is 22.2 Å². The number of hydrogen-bond donors (Lipinski definition) is 1. The number of fused-ring (bicyclic) bond motifs is 2. The van der Waals surface area contributed by atoms with Crippen LogP contribution in [0.2, 0.25) is 0 Å². The molecule has 3 atom stereocenters. The van der Waals surface area contributed by atoms with Crippen molar-refractivity contribution in [3.05, 3.63) is 16.0 Å². The van der Waals surface area contributed by atoms with E-state index in [0.29, 0.717) is 17.9 Å². The van der Waals surface area contributed by atoms with Crippen LogP contribution in [0.1, 0.15) is 48.1 Å². The van der Waals surface area contributed by atoms with Crippen molar-refractivity contribution in [2.24, 2.45) is 17.8 Å². The molecule has 3 rings (SSSR count). The van der Waals surface area contributed by atoms with Crippen LogP contribution in [0.25, 0.3) is 0 Å². The second-order valence-electron chi connectivity index (χ2n) is 6.29. The van der Waals surface area contributed by atoms with Gasteiger partial charge in [0.1, 0.15) is 11.1 Å². The molecule has 3 nitrogen and oxygen atoms in total. The van der Waals surface area contributed by atoms with Crippen LogP contribution in [0.5, 0.6) is 0 Å². The summed E-state index contributed by atoms with van der Waals surface area (Å²) in [5.41, 5.74) is 1.63. The van der Waals surface area contributed by atoms with Gasteiger partial charge >= 0.3 is 0 Å². The fourth-order valence-electron chi connectivity index (χ4n) is 3.89. The van der Waals surface area contributed by atoms with Gasteiger partial charge in [0, 0.05) is 11.3 Å². The van der Waals surface area contributed by atoms with Crippen LogP contribution < -0.4 is 5.32 Å². The molecule has 1 N–H and O–H groups in total. The van der Waals surface area contributed by atoms with Crippen LogP contribution in [0.15, 0.2) is 0 Å². The predicted octanol–water partition coefficient (Wildman–Crippen LogP) is 4.00. The summed E-state index contributed by atoms with van der Waals surface area (Å²) >= 11 is 1.51. The third kappa shape index (κ3) is 2.35. The Labute approximate surface area is 124 Å². The largest absolute Gasteiger partial charge is 0.317 e. The number of carbonyl (C=O) groups excluding carboxylic acids is 1. The standard InChI is InChI=1S/C16H20N2OS/c1-9-10(2)20-16(14(9)8-17)18-15(19)7-13-6-11-3-4-12(13)5-11/h11-13H,3-7H2,1-2H3,(H,18,19). The number of thiophene rings is 1. The number of anilines is 1. The summed E-state index contributed by atoms with van der Waals surface area (Å²) in [5.74, 6) is 2.30. The van der Waals surface area contributed by atoms with Crippen LogP contribution in [0.3, 0.4) is 0 Å². The van der Waals surface area contributed by atoms with Crippen molar-refractivity contribution in [3.8, 4) is 6.07 Å². The molecule has 2 saturated carbocycles. The van der Waals surface area contributed by atoms with Crippen molar-refractivity contribution in [3.63, 3.8) is 0 Å². The minimum absolute atomic E-state index is 0.0836. The van der Waals surface area contributed by atoms with E-state index in [9.17, 15) is 10.1 Å². The molecule has 1 aromatic heterocycles. The molecular formula is C16H20N2OS. The van der Waals surface area contributed by atoms with Gasteiger partial charge in [0.15, 0.2) is 0 Å². The molecule has 2 aliphatic rings. The lowest BCUT2D eigenvalue weighted by Gasteiger charge is -2.20. The van der Waals surface area contributed by atoms with E-state index < -0.39 is 0 Å². The van der Waals surface area contributed by atoms with Gasteiger partial charge in [0.2, 0.25) is 5.91 Å². The Hall–Kier alpha value is -1.34. The van der Waals surface area contributed by atoms with Crippen LogP contribution in [0, 0.1) is 42.9 Å². The van der Waals surface area contributed by atoms with Gasteiger partial charge < -0.3 is 5.32 Å². The quantitative estimate of drug-likeness (QED) is 0.914. The minimum Gasteiger partial charge on any atom is -0.317 e. The molecule has 1 aromatic rings. The molecule has 2 aliphatic carbocycles. The predicted molar refractivity (Wildman–Crippen MR) is 80.7 cm³/mol. The van der Waals surface area contributed by atoms with Gasteiger partial charge in [-0.1, -0.05) is 6.42 Å². The molecule has 1 heterocycles. The highest BCUT2D eigenvalue weighted by atomic mass is 32.1. The maximum absolute atomic E-state index is 12.2. The Morgan fingerprint density at radius 1 is 1.40 bits per heavy atom. The lowest BCUT2D eigenvalue weighted by Crippen LogP contribution is -2.20. The van der Waals surface area contributed by atoms with Crippen molar-refractivity contribution in [1.29, 1.82) is 5.26 Å². The fourth-order valence-corrected chi connectivity index (χ4v) is 4.92. The monoisotopic (exact) mass is 288 g/mol. The Morgan fingerprint density at radius 2 is 2.20 bits per heavy atom. The number of nitrogens with one attached hydrogen (secondary N) is 1. The molecule has 106 valence electrons. The molecule has 4 heteroatoms. The summed E-state index contributed by atoms with van der Waals surface area (Å²) in [6, 6.07) is 2.21. The van der Waals surface area contributed by atoms with Gasteiger partial charge in [-0.15, -0.1) is 11.3 Å². The second kappa shape index (κ2) is 5.21. The average molecular weight is 288 g/mol. The molecule has 0 spiro atoms. The van der Waals surface area contributed by atoms with Crippen LogP contribution in [-0.2, 0) is 4.79 Å². The molecule has 2 fully saturated rings. The number of aryl methyl sites for hydroxylation is 1. The number of nitriles is 1. The smallest absolute Gasteiger partial charge is 0.225 e. The van der Waals surface area contributed by atoms with Gasteiger partial charge in [-0.2, -0.15) is 5.26 Å². The summed E-state index contributed by atoms with van der Waals surface area (Å²) in [5, 5.41) is 12.9. The maximum Gasteiger partial charge on any atom is 0.225 e. The first-order valence-corrected chi connectivity index (χ1v) is 8.20. The third-order valence-electron chi connectivity index (χ3n) is 5.08. The average Bonchev–Trinajstić information content (AvgIpc) is 3.06. The van der Waals surface area contributed by atoms with Crippen LogP contribution >= 0.6 is 11.3 Å². The minimum atomic E-state index is 0.0836. The second-order valence-corrected chi connectivity index (χ2v) is 7.51. The number of carbonyl (C=O) groups is 1. The van der Waals surface area contributed by atoms with Gasteiger partial charge in [-0.25, -0.2) is 0 Å². The first-order chi connectivity index (χ1) is 9.58. The highest BCUT2D eigenvalue weighted by Gasteiger charge is 2.40. The van der Waals surface area contributed by atoms with E-state index in [-0.39, 0.29) is 5.91 Å². The molecule has 0 aromatic carbocycles. The van der Waals surface area contributed by atoms with Crippen LogP contribution in [0.4, 0.5) is 5.00 Å². The van der Waals surface area contributed by atoms with Gasteiger partial charge in [0.05, 0.1) is 5.56 Å². The summed E-state index contributed by atoms with van der Waals surface area (Å²) < 4.78 is 0. The first-order valence-electron chi connectivity index (χ1n) is 7.38. The zero-order valence-corrected chi connectivity index (χ0v) is 12.8. The topological polar surface area (TPSA) is 52.9 Å². The zero-order valence-electron chi connectivity index (χ0n) is 12.0. The first kappa shape index (κ1) is 13.6. The third-order valence-corrected chi connectivity index (χ3v) is 6.20. The molecule has 2 bridgehead atoms. The van der Waals surface area contributed by atoms with Crippen molar-refractivity contribution < 1.29 is 4.79 Å². The molecule has 0 aliphatic heterocycles. The van der Waals surface area contributed by atoms with E-state index in [1.165, 1.54) is 37.0 Å². The van der Waals surface area contributed by atoms with E-state index >= 15 is 0 Å². The van der Waals surface area contributed by atoms with E-state index in [1.807, 2.05) is 13.8 Å². The molecule has 20 heavy (non-hydrogen) atoms. The Morgan fingerprint density at radius 3 is 2.80 bits per heavy atom. The number of rotatable bonds is 3. The molecule has 0 radical (unpaired) electrons. The van der Waals surface area contributed by atoms with Gasteiger partial charge in [-0.05, 0) is 56.4 Å². The van der Waals surface area contributed by atoms with Gasteiger partial charge in [0.25, 0.3) is 0 Å². The lowest BCUT2D eigenvalue weighted by atomic mass is 9.86. The normalized spacial score (nSPS) is 27.6. The Kier molecular flexibility index (Phi) is 3.55. The summed E-state index contributed by atoms with van der Waals surface area (Å²) in [7, 11) is 0.